The van der Waals surface area contributed by atoms with Gasteiger partial charge < -0.3 is 10.0 Å². The van der Waals surface area contributed by atoms with E-state index in [1.807, 2.05) is 42.5 Å². The number of phenolic OH excluding ortho intramolecular Hbond substituents is 1. The van der Waals surface area contributed by atoms with Gasteiger partial charge in [0.1, 0.15) is 5.75 Å². The molecule has 2 aromatic rings. The number of phenols is 1. The van der Waals surface area contributed by atoms with E-state index >= 15 is 0 Å². The predicted octanol–water partition coefficient (Wildman–Crippen LogP) is 3.33. The fraction of sp³-hybridized carbons (Fsp3) is 0.409. The topological polar surface area (TPSA) is 55.8 Å². The van der Waals surface area contributed by atoms with Gasteiger partial charge in [0, 0.05) is 12.1 Å². The van der Waals surface area contributed by atoms with Gasteiger partial charge in [0.25, 0.3) is 0 Å². The van der Waals surface area contributed by atoms with Crippen LogP contribution in [0.2, 0.25) is 0 Å². The Kier molecular flexibility index (Phi) is 6.48. The summed E-state index contributed by atoms with van der Waals surface area (Å²) in [5, 5.41) is 12.0. The van der Waals surface area contributed by atoms with Gasteiger partial charge in [-0.05, 0) is 31.6 Å². The van der Waals surface area contributed by atoms with Crippen LogP contribution >= 0.6 is 0 Å². The van der Waals surface area contributed by atoms with Crippen molar-refractivity contribution >= 4 is 5.91 Å². The molecule has 2 aromatic carbocycles. The molecular weight excluding hydrogens is 338 g/mol. The highest BCUT2D eigenvalue weighted by molar-refractivity contribution is 5.82. The van der Waals surface area contributed by atoms with Crippen LogP contribution in [0.3, 0.4) is 0 Å². The minimum Gasteiger partial charge on any atom is -0.508 e. The van der Waals surface area contributed by atoms with Crippen molar-refractivity contribution < 1.29 is 9.90 Å². The maximum Gasteiger partial charge on any atom is 0.243 e. The Hall–Kier alpha value is -2.37. The fourth-order valence-electron chi connectivity index (χ4n) is 3.63. The van der Waals surface area contributed by atoms with Gasteiger partial charge >= 0.3 is 0 Å². The molecule has 1 aliphatic rings. The molecule has 1 saturated heterocycles. The molecule has 0 saturated carbocycles. The lowest BCUT2D eigenvalue weighted by molar-refractivity contribution is -0.133. The third-order valence-electron chi connectivity index (χ3n) is 5.14. The molecule has 0 aliphatic carbocycles. The number of nitrogens with zero attached hydrogens (tertiary/aromatic N) is 2. The van der Waals surface area contributed by atoms with Crippen LogP contribution in [0.25, 0.3) is 0 Å². The summed E-state index contributed by atoms with van der Waals surface area (Å²) in [5.74, 6) is 0.0740. The van der Waals surface area contributed by atoms with Crippen molar-refractivity contribution in [3.05, 3.63) is 65.7 Å². The normalized spacial score (nSPS) is 19.8. The van der Waals surface area contributed by atoms with Crippen LogP contribution in [-0.4, -0.2) is 41.1 Å². The second-order valence-corrected chi connectivity index (χ2v) is 7.30. The van der Waals surface area contributed by atoms with E-state index in [0.717, 1.165) is 30.5 Å². The molecule has 0 aromatic heterocycles. The van der Waals surface area contributed by atoms with Crippen molar-refractivity contribution in [2.24, 2.45) is 5.92 Å². The van der Waals surface area contributed by atoms with Crippen LogP contribution < -0.4 is 5.43 Å². The highest BCUT2D eigenvalue weighted by Gasteiger charge is 2.42. The van der Waals surface area contributed by atoms with Crippen LogP contribution in [0.1, 0.15) is 36.9 Å². The molecule has 0 spiro atoms. The first-order valence-electron chi connectivity index (χ1n) is 9.68. The Morgan fingerprint density at radius 2 is 1.81 bits per heavy atom. The first-order valence-corrected chi connectivity index (χ1v) is 9.68. The van der Waals surface area contributed by atoms with Crippen molar-refractivity contribution in [3.63, 3.8) is 0 Å². The quantitative estimate of drug-likeness (QED) is 0.751. The second kappa shape index (κ2) is 9.02. The van der Waals surface area contributed by atoms with Gasteiger partial charge in [-0.2, -0.15) is 0 Å². The van der Waals surface area contributed by atoms with Crippen LogP contribution in [0, 0.1) is 5.92 Å². The van der Waals surface area contributed by atoms with E-state index in [2.05, 4.69) is 24.3 Å². The molecule has 0 radical (unpaired) electrons. The first kappa shape index (κ1) is 19.4. The standard InChI is InChI=1S/C22H29N3O2/c1-3-4-14-24(2)16-19-21(18-12-8-9-13-20(18)26)23-25(22(19)27)15-17-10-6-5-7-11-17/h5-13,19,21,23,26H,3-4,14-16H2,1-2H3. The number of carbonyl (C=O) groups excluding carboxylic acids is 1. The van der Waals surface area contributed by atoms with E-state index in [4.69, 9.17) is 0 Å². The molecule has 5 heteroatoms. The minimum absolute atomic E-state index is 0.0791. The summed E-state index contributed by atoms with van der Waals surface area (Å²) in [4.78, 5) is 15.4. The summed E-state index contributed by atoms with van der Waals surface area (Å²) in [5.41, 5.74) is 5.21. The molecule has 2 unspecified atom stereocenters. The number of hydrogen-bond donors (Lipinski definition) is 2. The molecule has 1 heterocycles. The van der Waals surface area contributed by atoms with Crippen LogP contribution in [0.5, 0.6) is 5.75 Å². The molecule has 1 aliphatic heterocycles. The Balaban J connectivity index is 1.82. The number of aromatic hydroxyl groups is 1. The second-order valence-electron chi connectivity index (χ2n) is 7.30. The monoisotopic (exact) mass is 367 g/mol. The number of hydrogen-bond acceptors (Lipinski definition) is 4. The minimum atomic E-state index is -0.233. The van der Waals surface area contributed by atoms with Crippen molar-refractivity contribution in [1.82, 2.24) is 15.3 Å². The number of nitrogens with one attached hydrogen (secondary N) is 1. The van der Waals surface area contributed by atoms with Gasteiger partial charge in [-0.3, -0.25) is 9.80 Å². The van der Waals surface area contributed by atoms with Gasteiger partial charge in [0.15, 0.2) is 0 Å². The molecule has 0 bridgehead atoms. The molecular formula is C22H29N3O2. The fourth-order valence-corrected chi connectivity index (χ4v) is 3.63. The van der Waals surface area contributed by atoms with Gasteiger partial charge in [0.05, 0.1) is 18.5 Å². The first-order chi connectivity index (χ1) is 13.1. The zero-order valence-electron chi connectivity index (χ0n) is 16.1. The Labute approximate surface area is 161 Å². The third-order valence-corrected chi connectivity index (χ3v) is 5.14. The van der Waals surface area contributed by atoms with Crippen LogP contribution in [0.4, 0.5) is 0 Å². The van der Waals surface area contributed by atoms with Gasteiger partial charge in [-0.25, -0.2) is 5.43 Å². The van der Waals surface area contributed by atoms with Gasteiger partial charge in [0.2, 0.25) is 5.91 Å². The van der Waals surface area contributed by atoms with E-state index in [9.17, 15) is 9.90 Å². The number of carbonyl (C=O) groups is 1. The summed E-state index contributed by atoms with van der Waals surface area (Å²) in [6.45, 7) is 4.31. The number of hydrazine groups is 1. The molecule has 1 amide bonds. The number of benzene rings is 2. The highest BCUT2D eigenvalue weighted by atomic mass is 16.3. The van der Waals surface area contributed by atoms with Crippen LogP contribution in [-0.2, 0) is 11.3 Å². The average molecular weight is 367 g/mol. The largest absolute Gasteiger partial charge is 0.508 e. The maximum atomic E-state index is 13.2. The third kappa shape index (κ3) is 4.67. The average Bonchev–Trinajstić information content (AvgIpc) is 2.97. The number of rotatable bonds is 8. The van der Waals surface area contributed by atoms with Crippen LogP contribution in [0.15, 0.2) is 54.6 Å². The van der Waals surface area contributed by atoms with Crippen molar-refractivity contribution in [2.75, 3.05) is 20.1 Å². The van der Waals surface area contributed by atoms with Crippen molar-refractivity contribution in [2.45, 2.75) is 32.4 Å². The summed E-state index contributed by atoms with van der Waals surface area (Å²) in [7, 11) is 2.06. The molecule has 27 heavy (non-hydrogen) atoms. The predicted molar refractivity (Wildman–Crippen MR) is 107 cm³/mol. The lowest BCUT2D eigenvalue weighted by Gasteiger charge is -2.23. The highest BCUT2D eigenvalue weighted by Crippen LogP contribution is 2.35. The van der Waals surface area contributed by atoms with Crippen molar-refractivity contribution in [1.29, 1.82) is 0 Å². The number of para-hydroxylation sites is 1. The number of unbranched alkanes of at least 4 members (excludes halogenated alkanes) is 1. The lowest BCUT2D eigenvalue weighted by atomic mass is 9.93. The van der Waals surface area contributed by atoms with E-state index in [-0.39, 0.29) is 23.6 Å². The van der Waals surface area contributed by atoms with E-state index in [1.165, 1.54) is 0 Å². The summed E-state index contributed by atoms with van der Waals surface area (Å²) < 4.78 is 0. The summed E-state index contributed by atoms with van der Waals surface area (Å²) in [6.07, 6.45) is 2.24. The maximum absolute atomic E-state index is 13.2. The summed E-state index contributed by atoms with van der Waals surface area (Å²) >= 11 is 0. The lowest BCUT2D eigenvalue weighted by Crippen LogP contribution is -2.35. The summed E-state index contributed by atoms with van der Waals surface area (Å²) in [6, 6.07) is 17.0. The Bertz CT molecular complexity index is 750. The van der Waals surface area contributed by atoms with Crippen molar-refractivity contribution in [3.8, 4) is 5.75 Å². The molecule has 3 rings (SSSR count). The molecule has 1 fully saturated rings. The molecule has 5 nitrogen and oxygen atoms in total. The molecule has 144 valence electrons. The van der Waals surface area contributed by atoms with Gasteiger partial charge in [-0.1, -0.05) is 61.9 Å². The van der Waals surface area contributed by atoms with E-state index < -0.39 is 0 Å². The zero-order valence-corrected chi connectivity index (χ0v) is 16.1. The van der Waals surface area contributed by atoms with E-state index in [1.54, 1.807) is 17.1 Å². The Morgan fingerprint density at radius 1 is 1.11 bits per heavy atom. The molecule has 2 atom stereocenters. The smallest absolute Gasteiger partial charge is 0.243 e. The molecule has 2 N–H and O–H groups in total. The van der Waals surface area contributed by atoms with E-state index in [0.29, 0.717) is 13.1 Å². The van der Waals surface area contributed by atoms with Gasteiger partial charge in [-0.15, -0.1) is 0 Å². The zero-order chi connectivity index (χ0) is 19.2. The number of amides is 1. The SMILES string of the molecule is CCCCN(C)CC1C(=O)N(Cc2ccccc2)NC1c1ccccc1O. The Morgan fingerprint density at radius 3 is 2.52 bits per heavy atom.